The van der Waals surface area contributed by atoms with Crippen LogP contribution in [0.4, 0.5) is 0 Å². The van der Waals surface area contributed by atoms with Crippen LogP contribution in [0.5, 0.6) is 0 Å². The average molecular weight is 256 g/mol. The van der Waals surface area contributed by atoms with Gasteiger partial charge in [0.15, 0.2) is 0 Å². The van der Waals surface area contributed by atoms with Crippen molar-refractivity contribution in [2.75, 3.05) is 6.54 Å². The molecular weight excluding hydrogens is 236 g/mol. The largest absolute Gasteiger partial charge is 0.337 e. The van der Waals surface area contributed by atoms with Crippen molar-refractivity contribution < 1.29 is 4.79 Å². The van der Waals surface area contributed by atoms with E-state index < -0.39 is 5.41 Å². The van der Waals surface area contributed by atoms with Gasteiger partial charge in [-0.3, -0.25) is 4.79 Å². The molecule has 1 aromatic rings. The molecule has 0 spiro atoms. The summed E-state index contributed by atoms with van der Waals surface area (Å²) in [5.41, 5.74) is 1.69. The van der Waals surface area contributed by atoms with Crippen LogP contribution in [0.25, 0.3) is 0 Å². The quantitative estimate of drug-likeness (QED) is 0.834. The molecule has 0 saturated heterocycles. The van der Waals surface area contributed by atoms with E-state index >= 15 is 0 Å². The number of amides is 1. The third-order valence-electron chi connectivity index (χ3n) is 4.25. The first-order valence-electron chi connectivity index (χ1n) is 6.94. The number of hydrogen-bond donors (Lipinski definition) is 0. The summed E-state index contributed by atoms with van der Waals surface area (Å²) in [6.45, 7) is 5.20. The lowest BCUT2D eigenvalue weighted by molar-refractivity contribution is -0.140. The Hall–Kier alpha value is -1.82. The molecule has 0 fully saturated rings. The lowest BCUT2D eigenvalue weighted by Crippen LogP contribution is -2.45. The molecule has 100 valence electrons. The Morgan fingerprint density at radius 2 is 1.95 bits per heavy atom. The molecule has 3 heteroatoms. The number of carbonyl (C=O) groups is 1. The average Bonchev–Trinajstić information content (AvgIpc) is 2.49. The van der Waals surface area contributed by atoms with E-state index in [0.29, 0.717) is 19.4 Å². The topological polar surface area (TPSA) is 44.1 Å². The number of hydrogen-bond acceptors (Lipinski definition) is 2. The molecule has 1 aromatic carbocycles. The zero-order valence-electron chi connectivity index (χ0n) is 11.6. The molecule has 19 heavy (non-hydrogen) atoms. The van der Waals surface area contributed by atoms with E-state index in [1.165, 1.54) is 11.1 Å². The number of benzene rings is 1. The van der Waals surface area contributed by atoms with E-state index in [-0.39, 0.29) is 5.91 Å². The van der Waals surface area contributed by atoms with Crippen LogP contribution in [-0.2, 0) is 17.8 Å². The fourth-order valence-electron chi connectivity index (χ4n) is 2.73. The van der Waals surface area contributed by atoms with Crippen LogP contribution in [0, 0.1) is 16.7 Å². The molecule has 0 aromatic heterocycles. The summed E-state index contributed by atoms with van der Waals surface area (Å²) < 4.78 is 0. The molecular formula is C16H20N2O. The summed E-state index contributed by atoms with van der Waals surface area (Å²) in [4.78, 5) is 14.5. The van der Waals surface area contributed by atoms with Crippen LogP contribution < -0.4 is 0 Å². The molecule has 0 aliphatic carbocycles. The van der Waals surface area contributed by atoms with Crippen molar-refractivity contribution in [3.63, 3.8) is 0 Å². The predicted octanol–water partition coefficient (Wildman–Crippen LogP) is 2.90. The number of fused-ring (bicyclic) bond motifs is 1. The summed E-state index contributed by atoms with van der Waals surface area (Å²) >= 11 is 0. The molecule has 1 amide bonds. The van der Waals surface area contributed by atoms with Crippen LogP contribution >= 0.6 is 0 Å². The SMILES string of the molecule is CCC(C#N)(CC)C(=O)N1CCc2ccccc2C1. The maximum atomic E-state index is 12.6. The van der Waals surface area contributed by atoms with E-state index in [1.807, 2.05) is 30.9 Å². The first-order valence-corrected chi connectivity index (χ1v) is 6.94. The zero-order valence-corrected chi connectivity index (χ0v) is 11.6. The molecule has 3 nitrogen and oxygen atoms in total. The normalized spacial score (nSPS) is 14.7. The molecule has 0 radical (unpaired) electrons. The molecule has 1 aliphatic heterocycles. The monoisotopic (exact) mass is 256 g/mol. The fraction of sp³-hybridized carbons (Fsp3) is 0.500. The first kappa shape index (κ1) is 13.6. The van der Waals surface area contributed by atoms with Gasteiger partial charge in [0, 0.05) is 13.1 Å². The minimum Gasteiger partial charge on any atom is -0.337 e. The number of nitrogens with zero attached hydrogens (tertiary/aromatic N) is 2. The highest BCUT2D eigenvalue weighted by Crippen LogP contribution is 2.30. The van der Waals surface area contributed by atoms with Crippen molar-refractivity contribution in [2.24, 2.45) is 5.41 Å². The van der Waals surface area contributed by atoms with Gasteiger partial charge in [0.1, 0.15) is 5.41 Å². The van der Waals surface area contributed by atoms with Gasteiger partial charge in [0.05, 0.1) is 6.07 Å². The van der Waals surface area contributed by atoms with Crippen LogP contribution in [0.3, 0.4) is 0 Å². The second-order valence-electron chi connectivity index (χ2n) is 5.15. The Kier molecular flexibility index (Phi) is 3.90. The van der Waals surface area contributed by atoms with E-state index in [9.17, 15) is 10.1 Å². The molecule has 0 bridgehead atoms. The van der Waals surface area contributed by atoms with Gasteiger partial charge in [-0.05, 0) is 30.4 Å². The second kappa shape index (κ2) is 5.44. The van der Waals surface area contributed by atoms with Gasteiger partial charge in [-0.1, -0.05) is 38.1 Å². The lowest BCUT2D eigenvalue weighted by atomic mass is 9.82. The van der Waals surface area contributed by atoms with E-state index in [4.69, 9.17) is 0 Å². The Labute approximate surface area is 114 Å². The molecule has 0 atom stereocenters. The summed E-state index contributed by atoms with van der Waals surface area (Å²) in [5.74, 6) is -0.00509. The van der Waals surface area contributed by atoms with Crippen LogP contribution in [0.2, 0.25) is 0 Å². The third-order valence-corrected chi connectivity index (χ3v) is 4.25. The van der Waals surface area contributed by atoms with Crippen molar-refractivity contribution in [2.45, 2.75) is 39.7 Å². The van der Waals surface area contributed by atoms with Gasteiger partial charge in [-0.25, -0.2) is 0 Å². The number of carbonyl (C=O) groups excluding carboxylic acids is 1. The Morgan fingerprint density at radius 3 is 2.53 bits per heavy atom. The molecule has 1 heterocycles. The molecule has 1 aliphatic rings. The maximum Gasteiger partial charge on any atom is 0.243 e. The highest BCUT2D eigenvalue weighted by molar-refractivity contribution is 5.85. The Morgan fingerprint density at radius 1 is 1.32 bits per heavy atom. The van der Waals surface area contributed by atoms with Gasteiger partial charge in [-0.15, -0.1) is 0 Å². The van der Waals surface area contributed by atoms with Crippen LogP contribution in [0.15, 0.2) is 24.3 Å². The summed E-state index contributed by atoms with van der Waals surface area (Å²) in [7, 11) is 0. The van der Waals surface area contributed by atoms with Gasteiger partial charge < -0.3 is 4.90 Å². The Balaban J connectivity index is 2.22. The Bertz CT molecular complexity index is 512. The highest BCUT2D eigenvalue weighted by atomic mass is 16.2. The summed E-state index contributed by atoms with van der Waals surface area (Å²) in [6.07, 6.45) is 2.05. The summed E-state index contributed by atoms with van der Waals surface area (Å²) in [5, 5.41) is 9.38. The van der Waals surface area contributed by atoms with Crippen molar-refractivity contribution in [3.8, 4) is 6.07 Å². The maximum absolute atomic E-state index is 12.6. The number of nitriles is 1. The van der Waals surface area contributed by atoms with Crippen molar-refractivity contribution in [3.05, 3.63) is 35.4 Å². The van der Waals surface area contributed by atoms with Crippen LogP contribution in [-0.4, -0.2) is 17.4 Å². The third kappa shape index (κ3) is 2.35. The molecule has 0 saturated carbocycles. The standard InChI is InChI=1S/C16H20N2O/c1-3-16(4-2,12-17)15(19)18-10-9-13-7-5-6-8-14(13)11-18/h5-8H,3-4,9-11H2,1-2H3. The first-order chi connectivity index (χ1) is 9.16. The lowest BCUT2D eigenvalue weighted by Gasteiger charge is -2.34. The van der Waals surface area contributed by atoms with E-state index in [0.717, 1.165) is 13.0 Å². The van der Waals surface area contributed by atoms with Gasteiger partial charge >= 0.3 is 0 Å². The summed E-state index contributed by atoms with van der Waals surface area (Å²) in [6, 6.07) is 10.5. The van der Waals surface area contributed by atoms with Crippen LogP contribution in [0.1, 0.15) is 37.8 Å². The fourth-order valence-corrected chi connectivity index (χ4v) is 2.73. The smallest absolute Gasteiger partial charge is 0.243 e. The minimum absolute atomic E-state index is 0.00509. The number of rotatable bonds is 3. The molecule has 0 N–H and O–H groups in total. The van der Waals surface area contributed by atoms with E-state index in [2.05, 4.69) is 18.2 Å². The van der Waals surface area contributed by atoms with Crippen molar-refractivity contribution >= 4 is 5.91 Å². The predicted molar refractivity (Wildman–Crippen MR) is 74.2 cm³/mol. The molecule has 2 rings (SSSR count). The van der Waals surface area contributed by atoms with Crippen molar-refractivity contribution in [1.29, 1.82) is 5.26 Å². The highest BCUT2D eigenvalue weighted by Gasteiger charge is 2.39. The van der Waals surface area contributed by atoms with Gasteiger partial charge in [0.2, 0.25) is 5.91 Å². The second-order valence-corrected chi connectivity index (χ2v) is 5.15. The van der Waals surface area contributed by atoms with Crippen molar-refractivity contribution in [1.82, 2.24) is 4.90 Å². The van der Waals surface area contributed by atoms with Gasteiger partial charge in [0.25, 0.3) is 0 Å². The van der Waals surface area contributed by atoms with E-state index in [1.54, 1.807) is 0 Å². The van der Waals surface area contributed by atoms with Gasteiger partial charge in [-0.2, -0.15) is 5.26 Å². The zero-order chi connectivity index (χ0) is 13.9. The molecule has 0 unspecified atom stereocenters. The minimum atomic E-state index is -0.841.